The number of fused-ring (bicyclic) bond motifs is 1. The van der Waals surface area contributed by atoms with Crippen molar-refractivity contribution in [1.82, 2.24) is 0 Å². The Morgan fingerprint density at radius 1 is 0.652 bits per heavy atom. The Hall–Kier alpha value is -2.80. The van der Waals surface area contributed by atoms with Gasteiger partial charge in [0.25, 0.3) is 0 Å². The van der Waals surface area contributed by atoms with E-state index in [1.54, 1.807) is 0 Å². The van der Waals surface area contributed by atoms with Gasteiger partial charge >= 0.3 is 0 Å². The maximum absolute atomic E-state index is 6.23. The first-order valence-electron chi connectivity index (χ1n) is 7.88. The van der Waals surface area contributed by atoms with Gasteiger partial charge in [-0.05, 0) is 31.5 Å². The third-order valence-electron chi connectivity index (χ3n) is 4.22. The van der Waals surface area contributed by atoms with Gasteiger partial charge in [-0.15, -0.1) is 0 Å². The van der Waals surface area contributed by atoms with Crippen molar-refractivity contribution in [2.24, 2.45) is 0 Å². The van der Waals surface area contributed by atoms with Crippen molar-refractivity contribution >= 4 is 11.0 Å². The molecule has 0 N–H and O–H groups in total. The summed E-state index contributed by atoms with van der Waals surface area (Å²) in [4.78, 5) is 0. The van der Waals surface area contributed by atoms with E-state index in [0.717, 1.165) is 16.9 Å². The minimum absolute atomic E-state index is 0.935. The van der Waals surface area contributed by atoms with Crippen LogP contribution in [0.25, 0.3) is 33.4 Å². The number of furan rings is 1. The van der Waals surface area contributed by atoms with Crippen molar-refractivity contribution in [2.45, 2.75) is 13.8 Å². The van der Waals surface area contributed by atoms with Crippen LogP contribution in [0.1, 0.15) is 11.1 Å². The quantitative estimate of drug-likeness (QED) is 0.418. The topological polar surface area (TPSA) is 13.1 Å². The van der Waals surface area contributed by atoms with Crippen LogP contribution in [-0.4, -0.2) is 0 Å². The molecule has 0 fully saturated rings. The van der Waals surface area contributed by atoms with Crippen molar-refractivity contribution in [3.05, 3.63) is 83.9 Å². The predicted molar refractivity (Wildman–Crippen MR) is 96.6 cm³/mol. The van der Waals surface area contributed by atoms with E-state index in [1.165, 1.54) is 27.6 Å². The lowest BCUT2D eigenvalue weighted by molar-refractivity contribution is 0.632. The number of hydrogen-bond acceptors (Lipinski definition) is 1. The molecule has 0 atom stereocenters. The summed E-state index contributed by atoms with van der Waals surface area (Å²) in [6, 6.07) is 25.4. The second-order valence-corrected chi connectivity index (χ2v) is 6.04. The van der Waals surface area contributed by atoms with Gasteiger partial charge in [0, 0.05) is 16.5 Å². The highest BCUT2D eigenvalue weighted by Crippen LogP contribution is 2.41. The minimum Gasteiger partial charge on any atom is -0.455 e. The fraction of sp³-hybridized carbons (Fsp3) is 0.0909. The second-order valence-electron chi connectivity index (χ2n) is 6.04. The Morgan fingerprint density at radius 2 is 1.35 bits per heavy atom. The summed E-state index contributed by atoms with van der Waals surface area (Å²) < 4.78 is 6.23. The molecule has 0 unspecified atom stereocenters. The van der Waals surface area contributed by atoms with Crippen molar-refractivity contribution < 1.29 is 4.42 Å². The van der Waals surface area contributed by atoms with Gasteiger partial charge in [0.1, 0.15) is 11.3 Å². The van der Waals surface area contributed by atoms with E-state index in [-0.39, 0.29) is 0 Å². The largest absolute Gasteiger partial charge is 0.455 e. The molecule has 1 nitrogen and oxygen atoms in total. The summed E-state index contributed by atoms with van der Waals surface area (Å²) in [5.74, 6) is 0.941. The average Bonchev–Trinajstić information content (AvgIpc) is 2.95. The molecule has 0 saturated carbocycles. The van der Waals surface area contributed by atoms with Crippen molar-refractivity contribution in [2.75, 3.05) is 0 Å². The van der Waals surface area contributed by atoms with Crippen LogP contribution in [0.15, 0.2) is 77.2 Å². The predicted octanol–water partition coefficient (Wildman–Crippen LogP) is 6.38. The summed E-state index contributed by atoms with van der Waals surface area (Å²) in [7, 11) is 0. The zero-order valence-electron chi connectivity index (χ0n) is 13.3. The maximum Gasteiger partial charge on any atom is 0.143 e. The summed E-state index contributed by atoms with van der Waals surface area (Å²) in [6.45, 7) is 4.22. The van der Waals surface area contributed by atoms with E-state index in [4.69, 9.17) is 4.42 Å². The monoisotopic (exact) mass is 298 g/mol. The summed E-state index contributed by atoms with van der Waals surface area (Å²) in [6.07, 6.45) is 0. The molecular formula is C22H18O. The molecule has 1 heteroatoms. The zero-order valence-corrected chi connectivity index (χ0v) is 13.3. The minimum atomic E-state index is 0.935. The molecule has 4 rings (SSSR count). The number of rotatable bonds is 2. The van der Waals surface area contributed by atoms with Gasteiger partial charge in [0.15, 0.2) is 0 Å². The van der Waals surface area contributed by atoms with E-state index >= 15 is 0 Å². The standard InChI is InChI=1S/C22H18O/c1-15-8-11-18(12-9-15)22-21(17-6-4-3-5-7-17)19-14-16(2)10-13-20(19)23-22/h3-14H,1-2H3. The summed E-state index contributed by atoms with van der Waals surface area (Å²) in [5.41, 5.74) is 6.90. The van der Waals surface area contributed by atoms with Crippen LogP contribution < -0.4 is 0 Å². The molecular weight excluding hydrogens is 280 g/mol. The molecule has 23 heavy (non-hydrogen) atoms. The molecule has 1 aromatic heterocycles. The molecule has 0 amide bonds. The summed E-state index contributed by atoms with van der Waals surface area (Å²) in [5, 5.41) is 1.17. The summed E-state index contributed by atoms with van der Waals surface area (Å²) >= 11 is 0. The third-order valence-corrected chi connectivity index (χ3v) is 4.22. The average molecular weight is 298 g/mol. The molecule has 0 radical (unpaired) electrons. The molecule has 3 aromatic carbocycles. The van der Waals surface area contributed by atoms with Gasteiger partial charge in [-0.3, -0.25) is 0 Å². The molecule has 0 aliphatic carbocycles. The fourth-order valence-electron chi connectivity index (χ4n) is 3.01. The third kappa shape index (κ3) is 2.44. The molecule has 4 aromatic rings. The Kier molecular flexibility index (Phi) is 3.27. The van der Waals surface area contributed by atoms with Gasteiger partial charge in [-0.2, -0.15) is 0 Å². The molecule has 0 saturated heterocycles. The molecule has 0 bridgehead atoms. The van der Waals surface area contributed by atoms with Gasteiger partial charge in [0.2, 0.25) is 0 Å². The van der Waals surface area contributed by atoms with E-state index in [2.05, 4.69) is 80.6 Å². The Morgan fingerprint density at radius 3 is 2.09 bits per heavy atom. The SMILES string of the molecule is Cc1ccc(-c2oc3ccc(C)cc3c2-c2ccccc2)cc1. The number of hydrogen-bond donors (Lipinski definition) is 0. The van der Waals surface area contributed by atoms with E-state index < -0.39 is 0 Å². The highest BCUT2D eigenvalue weighted by atomic mass is 16.3. The van der Waals surface area contributed by atoms with Crippen LogP contribution >= 0.6 is 0 Å². The molecule has 1 heterocycles. The Balaban J connectivity index is 2.05. The van der Waals surface area contributed by atoms with Gasteiger partial charge in [0.05, 0.1) is 0 Å². The number of aryl methyl sites for hydroxylation is 2. The van der Waals surface area contributed by atoms with E-state index in [0.29, 0.717) is 0 Å². The van der Waals surface area contributed by atoms with Gasteiger partial charge < -0.3 is 4.42 Å². The normalized spacial score (nSPS) is 11.0. The lowest BCUT2D eigenvalue weighted by atomic mass is 9.97. The van der Waals surface area contributed by atoms with Crippen LogP contribution in [0, 0.1) is 13.8 Å². The lowest BCUT2D eigenvalue weighted by Gasteiger charge is -2.04. The van der Waals surface area contributed by atoms with Crippen LogP contribution in [0.3, 0.4) is 0 Å². The first-order chi connectivity index (χ1) is 11.2. The second kappa shape index (κ2) is 5.44. The van der Waals surface area contributed by atoms with E-state index in [1.807, 2.05) is 6.07 Å². The molecule has 0 spiro atoms. The highest BCUT2D eigenvalue weighted by molar-refractivity contribution is 6.01. The Bertz CT molecular complexity index is 960. The lowest BCUT2D eigenvalue weighted by Crippen LogP contribution is -1.82. The van der Waals surface area contributed by atoms with Gasteiger partial charge in [-0.25, -0.2) is 0 Å². The molecule has 0 aliphatic heterocycles. The molecule has 112 valence electrons. The number of benzene rings is 3. The highest BCUT2D eigenvalue weighted by Gasteiger charge is 2.17. The van der Waals surface area contributed by atoms with Crippen LogP contribution in [0.4, 0.5) is 0 Å². The van der Waals surface area contributed by atoms with Crippen molar-refractivity contribution in [3.63, 3.8) is 0 Å². The van der Waals surface area contributed by atoms with Crippen LogP contribution in [-0.2, 0) is 0 Å². The van der Waals surface area contributed by atoms with Gasteiger partial charge in [-0.1, -0.05) is 71.8 Å². The van der Waals surface area contributed by atoms with E-state index in [9.17, 15) is 0 Å². The first-order valence-corrected chi connectivity index (χ1v) is 7.88. The smallest absolute Gasteiger partial charge is 0.143 e. The fourth-order valence-corrected chi connectivity index (χ4v) is 3.01. The van der Waals surface area contributed by atoms with Crippen LogP contribution in [0.2, 0.25) is 0 Å². The first kappa shape index (κ1) is 13.8. The van der Waals surface area contributed by atoms with Crippen molar-refractivity contribution in [3.8, 4) is 22.5 Å². The Labute approximate surface area is 136 Å². The zero-order chi connectivity index (χ0) is 15.8. The van der Waals surface area contributed by atoms with Crippen LogP contribution in [0.5, 0.6) is 0 Å². The maximum atomic E-state index is 6.23. The van der Waals surface area contributed by atoms with Crippen molar-refractivity contribution in [1.29, 1.82) is 0 Å². The molecule has 0 aliphatic rings.